The first-order chi connectivity index (χ1) is 19.4. The molecule has 1 saturated heterocycles. The number of aliphatic hydroxyl groups is 1. The van der Waals surface area contributed by atoms with Crippen molar-refractivity contribution in [3.8, 4) is 11.1 Å². The van der Waals surface area contributed by atoms with Crippen molar-refractivity contribution >= 4 is 6.03 Å². The first kappa shape index (κ1) is 29.5. The quantitative estimate of drug-likeness (QED) is 0.275. The zero-order valence-corrected chi connectivity index (χ0v) is 23.7. The molecule has 2 amide bonds. The number of hydrogen-bond acceptors (Lipinski definition) is 5. The van der Waals surface area contributed by atoms with Gasteiger partial charge in [-0.1, -0.05) is 79.7 Å². The molecule has 1 fully saturated rings. The van der Waals surface area contributed by atoms with Crippen LogP contribution in [0.3, 0.4) is 0 Å². The topological polar surface area (TPSA) is 83.1 Å². The van der Waals surface area contributed by atoms with E-state index in [-0.39, 0.29) is 30.8 Å². The number of aliphatic hydroxyl groups excluding tert-OH is 1. The highest BCUT2D eigenvalue weighted by molar-refractivity contribution is 5.73. The van der Waals surface area contributed by atoms with Gasteiger partial charge in [0.15, 0.2) is 6.29 Å². The lowest BCUT2D eigenvalue weighted by molar-refractivity contribution is -0.275. The van der Waals surface area contributed by atoms with Gasteiger partial charge in [-0.15, -0.1) is 6.58 Å². The maximum Gasteiger partial charge on any atom is 0.315 e. The summed E-state index contributed by atoms with van der Waals surface area (Å²) in [6.45, 7) is 10.5. The molecule has 3 aromatic carbocycles. The molecular formula is C33H41N3O4. The molecule has 0 radical (unpaired) electrons. The minimum Gasteiger partial charge on any atom is -0.392 e. The van der Waals surface area contributed by atoms with Gasteiger partial charge in [0.05, 0.1) is 18.8 Å². The van der Waals surface area contributed by atoms with Crippen molar-refractivity contribution in [3.05, 3.63) is 108 Å². The van der Waals surface area contributed by atoms with Crippen LogP contribution in [0.15, 0.2) is 85.5 Å². The minimum atomic E-state index is -0.512. The van der Waals surface area contributed by atoms with E-state index in [1.54, 1.807) is 0 Å². The van der Waals surface area contributed by atoms with Gasteiger partial charge in [-0.25, -0.2) is 4.79 Å². The van der Waals surface area contributed by atoms with E-state index in [9.17, 15) is 9.90 Å². The summed E-state index contributed by atoms with van der Waals surface area (Å²) in [6, 6.07) is 24.3. The van der Waals surface area contributed by atoms with Crippen molar-refractivity contribution in [1.82, 2.24) is 15.5 Å². The molecule has 1 aliphatic rings. The Kier molecular flexibility index (Phi) is 10.5. The molecule has 4 atom stereocenters. The van der Waals surface area contributed by atoms with Gasteiger partial charge in [0, 0.05) is 37.7 Å². The molecule has 3 N–H and O–H groups in total. The van der Waals surface area contributed by atoms with E-state index in [0.29, 0.717) is 13.1 Å². The van der Waals surface area contributed by atoms with E-state index >= 15 is 0 Å². The van der Waals surface area contributed by atoms with E-state index in [1.165, 1.54) is 0 Å². The summed E-state index contributed by atoms with van der Waals surface area (Å²) in [5.74, 6) is 0.124. The largest absolute Gasteiger partial charge is 0.392 e. The van der Waals surface area contributed by atoms with Crippen LogP contribution in [0, 0.1) is 5.92 Å². The number of carbonyl (C=O) groups excluding carboxylic acids is 1. The Morgan fingerprint density at radius 3 is 2.38 bits per heavy atom. The molecule has 1 heterocycles. The zero-order chi connectivity index (χ0) is 28.5. The van der Waals surface area contributed by atoms with Crippen LogP contribution in [0.2, 0.25) is 0 Å². The zero-order valence-electron chi connectivity index (χ0n) is 23.7. The summed E-state index contributed by atoms with van der Waals surface area (Å²) in [5, 5.41) is 15.1. The summed E-state index contributed by atoms with van der Waals surface area (Å²) in [7, 11) is 2.07. The molecule has 1 aliphatic heterocycles. The Bertz CT molecular complexity index is 1250. The number of urea groups is 1. The molecule has 3 aromatic rings. The van der Waals surface area contributed by atoms with Crippen LogP contribution >= 0.6 is 0 Å². The lowest BCUT2D eigenvalue weighted by Crippen LogP contribution is -2.43. The van der Waals surface area contributed by atoms with E-state index in [4.69, 9.17) is 9.47 Å². The number of nitrogens with zero attached hydrogens (tertiary/aromatic N) is 1. The Labute approximate surface area is 237 Å². The number of rotatable bonds is 11. The van der Waals surface area contributed by atoms with E-state index in [1.807, 2.05) is 49.4 Å². The molecule has 40 heavy (non-hydrogen) atoms. The van der Waals surface area contributed by atoms with Gasteiger partial charge in [0.2, 0.25) is 0 Å². The molecule has 7 heteroatoms. The van der Waals surface area contributed by atoms with Gasteiger partial charge in [-0.3, -0.25) is 0 Å². The summed E-state index contributed by atoms with van der Waals surface area (Å²) in [5.41, 5.74) is 6.09. The third-order valence-corrected chi connectivity index (χ3v) is 7.29. The Hall–Kier alpha value is -3.49. The molecule has 0 bridgehead atoms. The van der Waals surface area contributed by atoms with Gasteiger partial charge in [-0.05, 0) is 47.9 Å². The summed E-state index contributed by atoms with van der Waals surface area (Å²) in [6.07, 6.45) is 1.20. The van der Waals surface area contributed by atoms with Crippen LogP contribution in [-0.4, -0.2) is 48.8 Å². The second-order valence-corrected chi connectivity index (χ2v) is 10.4. The number of ether oxygens (including phenoxy) is 2. The van der Waals surface area contributed by atoms with Gasteiger partial charge in [-0.2, -0.15) is 0 Å². The minimum absolute atomic E-state index is 0.0159. The number of amides is 2. The lowest BCUT2D eigenvalue weighted by Gasteiger charge is -2.42. The van der Waals surface area contributed by atoms with Crippen LogP contribution < -0.4 is 10.6 Å². The smallest absolute Gasteiger partial charge is 0.315 e. The fraction of sp³-hybridized carbons (Fsp3) is 0.364. The fourth-order valence-electron chi connectivity index (χ4n) is 5.03. The molecule has 0 unspecified atom stereocenters. The average Bonchev–Trinajstić information content (AvgIpc) is 2.98. The predicted molar refractivity (Wildman–Crippen MR) is 158 cm³/mol. The predicted octanol–water partition coefficient (Wildman–Crippen LogP) is 5.57. The van der Waals surface area contributed by atoms with Gasteiger partial charge >= 0.3 is 6.03 Å². The third kappa shape index (κ3) is 7.58. The highest BCUT2D eigenvalue weighted by Gasteiger charge is 2.38. The van der Waals surface area contributed by atoms with E-state index < -0.39 is 6.29 Å². The lowest BCUT2D eigenvalue weighted by atomic mass is 9.90. The van der Waals surface area contributed by atoms with Crippen molar-refractivity contribution < 1.29 is 19.4 Å². The van der Waals surface area contributed by atoms with Crippen molar-refractivity contribution in [2.24, 2.45) is 5.92 Å². The maximum atomic E-state index is 11.8. The van der Waals surface area contributed by atoms with Crippen molar-refractivity contribution in [1.29, 1.82) is 0 Å². The normalized spacial score (nSPS) is 20.7. The summed E-state index contributed by atoms with van der Waals surface area (Å²) in [4.78, 5) is 14.0. The second-order valence-electron chi connectivity index (χ2n) is 10.4. The highest BCUT2D eigenvalue weighted by Crippen LogP contribution is 2.42. The summed E-state index contributed by atoms with van der Waals surface area (Å²) < 4.78 is 13.1. The van der Waals surface area contributed by atoms with Crippen LogP contribution in [0.1, 0.15) is 48.5 Å². The van der Waals surface area contributed by atoms with E-state index in [2.05, 4.69) is 72.5 Å². The second kappa shape index (κ2) is 14.2. The standard InChI is InChI=1S/C33H41N3O4/c1-5-18-36(4)21-30-23(3)31(27-12-10-24(22-37)11-13-27)40-32(39-30)28-16-14-26(15-17-28)29-9-7-8-25(19-29)20-35-33(38)34-6-2/h5,7-17,19,23,30-32,37H,1,6,18,20-22H2,2-4H3,(H2,34,35,38)/t23-,30+,31+,32+/m1/s1. The maximum absolute atomic E-state index is 11.8. The van der Waals surface area contributed by atoms with Crippen LogP contribution in [0.4, 0.5) is 4.79 Å². The van der Waals surface area contributed by atoms with Crippen molar-refractivity contribution in [2.75, 3.05) is 26.7 Å². The fourth-order valence-corrected chi connectivity index (χ4v) is 5.03. The first-order valence-corrected chi connectivity index (χ1v) is 13.9. The number of likely N-dealkylation sites (N-methyl/N-ethyl adjacent to an activating group) is 1. The van der Waals surface area contributed by atoms with Crippen molar-refractivity contribution in [3.63, 3.8) is 0 Å². The number of nitrogens with one attached hydrogen (secondary N) is 2. The molecule has 0 aromatic heterocycles. The van der Waals surface area contributed by atoms with Gasteiger partial charge in [0.25, 0.3) is 0 Å². The summed E-state index contributed by atoms with van der Waals surface area (Å²) >= 11 is 0. The first-order valence-electron chi connectivity index (χ1n) is 13.9. The molecule has 212 valence electrons. The molecule has 7 nitrogen and oxygen atoms in total. The van der Waals surface area contributed by atoms with Crippen molar-refractivity contribution in [2.45, 2.75) is 45.5 Å². The molecule has 0 spiro atoms. The molecule has 4 rings (SSSR count). The Balaban J connectivity index is 1.53. The SMILES string of the molecule is C=CCN(C)C[C@@H]1O[C@H](c2ccc(-c3cccc(CNC(=O)NCC)c3)cc2)O[C@H](c2ccc(CO)cc2)[C@@H]1C. The van der Waals surface area contributed by atoms with Gasteiger partial charge < -0.3 is 30.1 Å². The number of carbonyl (C=O) groups is 1. The Morgan fingerprint density at radius 2 is 1.70 bits per heavy atom. The number of hydrogen-bond donors (Lipinski definition) is 3. The van der Waals surface area contributed by atoms with Crippen LogP contribution in [0.5, 0.6) is 0 Å². The molecule has 0 aliphatic carbocycles. The third-order valence-electron chi connectivity index (χ3n) is 7.29. The molecule has 0 saturated carbocycles. The van der Waals surface area contributed by atoms with Crippen LogP contribution in [0.25, 0.3) is 11.1 Å². The van der Waals surface area contributed by atoms with Crippen LogP contribution in [-0.2, 0) is 22.6 Å². The monoisotopic (exact) mass is 543 g/mol. The van der Waals surface area contributed by atoms with Gasteiger partial charge in [0.1, 0.15) is 0 Å². The Morgan fingerprint density at radius 1 is 0.975 bits per heavy atom. The van der Waals surface area contributed by atoms with E-state index in [0.717, 1.165) is 46.5 Å². The highest BCUT2D eigenvalue weighted by atomic mass is 16.7. The average molecular weight is 544 g/mol. The molecular weight excluding hydrogens is 502 g/mol. The number of benzene rings is 3.